The lowest BCUT2D eigenvalue weighted by Gasteiger charge is -2.35. The predicted octanol–water partition coefficient (Wildman–Crippen LogP) is 15.7. The number of nitrogens with zero attached hydrogens (tertiary/aromatic N) is 1. The van der Waals surface area contributed by atoms with Crippen molar-refractivity contribution < 1.29 is 0 Å². The van der Waals surface area contributed by atoms with Crippen LogP contribution in [0.5, 0.6) is 0 Å². The molecule has 0 unspecified atom stereocenters. The zero-order valence-electron chi connectivity index (χ0n) is 32.4. The van der Waals surface area contributed by atoms with Gasteiger partial charge in [0.05, 0.1) is 5.41 Å². The molecule has 0 atom stereocenters. The van der Waals surface area contributed by atoms with E-state index in [0.717, 1.165) is 17.1 Å². The number of hydrogen-bond acceptors (Lipinski definition) is 2. The van der Waals surface area contributed by atoms with E-state index < -0.39 is 5.41 Å². The van der Waals surface area contributed by atoms with E-state index in [1.807, 2.05) is 11.3 Å². The SMILES string of the molecule is c1ccc(-c2ccc(N(c3ccc(-c4ccccc4)cc3)c3ccc(-c4cccc5c4C(c4ccccc4)(c4ccccc4)c4c-5sc5ccccc45)cc3)cc2)cc1. The van der Waals surface area contributed by atoms with Crippen molar-refractivity contribution in [3.63, 3.8) is 0 Å². The van der Waals surface area contributed by atoms with Crippen LogP contribution < -0.4 is 4.90 Å². The predicted molar refractivity (Wildman–Crippen MR) is 250 cm³/mol. The minimum absolute atomic E-state index is 0.505. The second-order valence-electron chi connectivity index (χ2n) is 15.2. The zero-order valence-corrected chi connectivity index (χ0v) is 33.2. The van der Waals surface area contributed by atoms with Gasteiger partial charge < -0.3 is 4.90 Å². The molecular weight excluding hydrogens is 731 g/mol. The molecule has 0 saturated heterocycles. The summed E-state index contributed by atoms with van der Waals surface area (Å²) in [4.78, 5) is 3.72. The van der Waals surface area contributed by atoms with Gasteiger partial charge in [0.2, 0.25) is 0 Å². The van der Waals surface area contributed by atoms with E-state index in [2.05, 4.69) is 241 Å². The lowest BCUT2D eigenvalue weighted by Crippen LogP contribution is -2.29. The second kappa shape index (κ2) is 14.6. The van der Waals surface area contributed by atoms with Gasteiger partial charge in [0.1, 0.15) is 0 Å². The van der Waals surface area contributed by atoms with Gasteiger partial charge in [-0.3, -0.25) is 0 Å². The number of fused-ring (bicyclic) bond motifs is 5. The summed E-state index contributed by atoms with van der Waals surface area (Å²) in [5.74, 6) is 0. The zero-order chi connectivity index (χ0) is 39.2. The fourth-order valence-electron chi connectivity index (χ4n) is 9.34. The first kappa shape index (κ1) is 34.9. The van der Waals surface area contributed by atoms with Crippen LogP contribution in [0.3, 0.4) is 0 Å². The molecule has 59 heavy (non-hydrogen) atoms. The molecule has 1 aliphatic rings. The maximum absolute atomic E-state index is 2.37. The maximum atomic E-state index is 2.37. The molecule has 10 aromatic rings. The maximum Gasteiger partial charge on any atom is 0.0734 e. The second-order valence-corrected chi connectivity index (χ2v) is 16.3. The van der Waals surface area contributed by atoms with Crippen molar-refractivity contribution in [3.05, 3.63) is 259 Å². The molecule has 1 nitrogen and oxygen atoms in total. The van der Waals surface area contributed by atoms with Crippen molar-refractivity contribution in [3.8, 4) is 43.8 Å². The van der Waals surface area contributed by atoms with Gasteiger partial charge in [0.25, 0.3) is 0 Å². The van der Waals surface area contributed by atoms with E-state index in [1.54, 1.807) is 0 Å². The normalized spacial score (nSPS) is 12.5. The number of hydrogen-bond donors (Lipinski definition) is 0. The van der Waals surface area contributed by atoms with E-state index in [1.165, 1.54) is 76.2 Å². The van der Waals surface area contributed by atoms with Crippen LogP contribution in [0, 0.1) is 0 Å². The van der Waals surface area contributed by atoms with Crippen molar-refractivity contribution >= 4 is 38.5 Å². The monoisotopic (exact) mass is 769 g/mol. The lowest BCUT2D eigenvalue weighted by atomic mass is 9.65. The van der Waals surface area contributed by atoms with Gasteiger partial charge in [-0.05, 0) is 109 Å². The molecule has 1 heterocycles. The fourth-order valence-corrected chi connectivity index (χ4v) is 10.6. The summed E-state index contributed by atoms with van der Waals surface area (Å²) in [6.45, 7) is 0. The molecule has 2 heteroatoms. The van der Waals surface area contributed by atoms with E-state index >= 15 is 0 Å². The van der Waals surface area contributed by atoms with Crippen LogP contribution in [0.25, 0.3) is 53.9 Å². The summed E-state index contributed by atoms with van der Waals surface area (Å²) in [6, 6.07) is 86.4. The van der Waals surface area contributed by atoms with E-state index in [4.69, 9.17) is 0 Å². The van der Waals surface area contributed by atoms with Gasteiger partial charge in [-0.2, -0.15) is 0 Å². The highest BCUT2D eigenvalue weighted by molar-refractivity contribution is 7.22. The molecule has 0 bridgehead atoms. The molecule has 0 fully saturated rings. The molecule has 0 N–H and O–H groups in total. The van der Waals surface area contributed by atoms with Crippen molar-refractivity contribution in [2.24, 2.45) is 0 Å². The van der Waals surface area contributed by atoms with Gasteiger partial charge in [-0.25, -0.2) is 0 Å². The molecule has 0 amide bonds. The van der Waals surface area contributed by atoms with Crippen LogP contribution in [-0.2, 0) is 5.41 Å². The third-order valence-electron chi connectivity index (χ3n) is 12.0. The van der Waals surface area contributed by atoms with E-state index in [-0.39, 0.29) is 0 Å². The Morgan fingerprint density at radius 3 is 1.22 bits per heavy atom. The van der Waals surface area contributed by atoms with Gasteiger partial charge in [0, 0.05) is 26.6 Å². The molecular formula is C57H39NS. The molecule has 9 aromatic carbocycles. The van der Waals surface area contributed by atoms with Crippen molar-refractivity contribution in [1.82, 2.24) is 0 Å². The average molecular weight is 770 g/mol. The highest BCUT2D eigenvalue weighted by Gasteiger charge is 2.49. The Morgan fingerprint density at radius 1 is 0.305 bits per heavy atom. The number of rotatable bonds is 8. The number of benzene rings is 9. The fraction of sp³-hybridized carbons (Fsp3) is 0.0175. The highest BCUT2D eigenvalue weighted by atomic mass is 32.1. The topological polar surface area (TPSA) is 3.24 Å². The Hall–Kier alpha value is -7.26. The van der Waals surface area contributed by atoms with Gasteiger partial charge in [-0.15, -0.1) is 11.3 Å². The largest absolute Gasteiger partial charge is 0.311 e. The molecule has 0 aliphatic heterocycles. The summed E-state index contributed by atoms with van der Waals surface area (Å²) in [5, 5.41) is 1.32. The smallest absolute Gasteiger partial charge is 0.0734 e. The quantitative estimate of drug-likeness (QED) is 0.149. The molecule has 0 radical (unpaired) electrons. The third kappa shape index (κ3) is 5.83. The Labute approximate surface area is 349 Å². The van der Waals surface area contributed by atoms with Crippen LogP contribution in [0.4, 0.5) is 17.1 Å². The van der Waals surface area contributed by atoms with E-state index in [9.17, 15) is 0 Å². The van der Waals surface area contributed by atoms with Gasteiger partial charge >= 0.3 is 0 Å². The van der Waals surface area contributed by atoms with E-state index in [0.29, 0.717) is 0 Å². The van der Waals surface area contributed by atoms with Crippen LogP contribution in [0.1, 0.15) is 22.3 Å². The van der Waals surface area contributed by atoms with Crippen LogP contribution >= 0.6 is 11.3 Å². The third-order valence-corrected chi connectivity index (χ3v) is 13.2. The number of anilines is 3. The summed E-state index contributed by atoms with van der Waals surface area (Å²) in [7, 11) is 0. The Bertz CT molecular complexity index is 2920. The van der Waals surface area contributed by atoms with Gasteiger partial charge in [0.15, 0.2) is 0 Å². The highest BCUT2D eigenvalue weighted by Crippen LogP contribution is 2.62. The lowest BCUT2D eigenvalue weighted by molar-refractivity contribution is 0.778. The first-order chi connectivity index (χ1) is 29.3. The van der Waals surface area contributed by atoms with Crippen LogP contribution in [0.2, 0.25) is 0 Å². The number of thiophene rings is 1. The molecule has 0 saturated carbocycles. The molecule has 11 rings (SSSR count). The molecule has 0 spiro atoms. The molecule has 1 aliphatic carbocycles. The Kier molecular flexibility index (Phi) is 8.65. The molecule has 1 aromatic heterocycles. The standard InChI is InChI=1S/C57H39NS/c1-5-16-40(17-6-1)42-28-34-47(35-29-42)58(48-36-30-43(31-37-48)41-18-7-2-8-19-41)49-38-32-44(33-39-49)50-25-15-26-52-54(50)57(45-20-9-3-10-21-45,46-22-11-4-12-23-46)55-51-24-13-14-27-53(51)59-56(52)55/h1-39H. The summed E-state index contributed by atoms with van der Waals surface area (Å²) >= 11 is 1.92. The Balaban J connectivity index is 1.07. The summed E-state index contributed by atoms with van der Waals surface area (Å²) in [5.41, 5.74) is 16.7. The first-order valence-electron chi connectivity index (χ1n) is 20.3. The summed E-state index contributed by atoms with van der Waals surface area (Å²) in [6.07, 6.45) is 0. The van der Waals surface area contributed by atoms with Crippen molar-refractivity contribution in [1.29, 1.82) is 0 Å². The average Bonchev–Trinajstić information content (AvgIpc) is 3.85. The van der Waals surface area contributed by atoms with Crippen molar-refractivity contribution in [2.45, 2.75) is 5.41 Å². The Morgan fingerprint density at radius 2 is 0.712 bits per heavy atom. The first-order valence-corrected chi connectivity index (χ1v) is 21.1. The summed E-state index contributed by atoms with van der Waals surface area (Å²) < 4.78 is 1.32. The minimum Gasteiger partial charge on any atom is -0.311 e. The van der Waals surface area contributed by atoms with Crippen molar-refractivity contribution in [2.75, 3.05) is 4.90 Å². The minimum atomic E-state index is -0.505. The van der Waals surface area contributed by atoms with Crippen LogP contribution in [0.15, 0.2) is 237 Å². The van der Waals surface area contributed by atoms with Gasteiger partial charge in [-0.1, -0.05) is 194 Å². The van der Waals surface area contributed by atoms with Crippen LogP contribution in [-0.4, -0.2) is 0 Å². The molecule has 278 valence electrons.